The molecule has 4 aromatic rings. The molecule has 0 radical (unpaired) electrons. The van der Waals surface area contributed by atoms with Crippen LogP contribution in [-0.2, 0) is 38.8 Å². The van der Waals surface area contributed by atoms with Gasteiger partial charge in [-0.3, -0.25) is 13.9 Å². The molecule has 50 heavy (non-hydrogen) atoms. The Bertz CT molecular complexity index is 1890. The van der Waals surface area contributed by atoms with Crippen LogP contribution in [0.4, 0.5) is 18.9 Å². The van der Waals surface area contributed by atoms with Crippen LogP contribution in [0, 0.1) is 6.92 Å². The fraction of sp³-hybridized carbons (Fsp3) is 0.316. The average molecular weight is 726 g/mol. The Kier molecular flexibility index (Phi) is 11.9. The van der Waals surface area contributed by atoms with Crippen LogP contribution in [0.2, 0.25) is 5.02 Å². The number of carbonyl (C=O) groups is 2. The quantitative estimate of drug-likeness (QED) is 0.161. The largest absolute Gasteiger partial charge is 0.416 e. The number of amides is 2. The summed E-state index contributed by atoms with van der Waals surface area (Å²) < 4.78 is 70.7. The highest BCUT2D eigenvalue weighted by molar-refractivity contribution is 7.92. The predicted molar refractivity (Wildman–Crippen MR) is 188 cm³/mol. The average Bonchev–Trinajstić information content (AvgIpc) is 3.09. The van der Waals surface area contributed by atoms with Crippen molar-refractivity contribution < 1.29 is 31.2 Å². The zero-order valence-corrected chi connectivity index (χ0v) is 29.1. The van der Waals surface area contributed by atoms with Gasteiger partial charge in [-0.05, 0) is 61.2 Å². The van der Waals surface area contributed by atoms with Gasteiger partial charge >= 0.3 is 6.18 Å². The fourth-order valence-electron chi connectivity index (χ4n) is 6.22. The lowest BCUT2D eigenvalue weighted by Gasteiger charge is -2.35. The van der Waals surface area contributed by atoms with E-state index in [2.05, 4.69) is 5.32 Å². The minimum absolute atomic E-state index is 0.0638. The molecule has 5 rings (SSSR count). The summed E-state index contributed by atoms with van der Waals surface area (Å²) >= 11 is 6.41. The van der Waals surface area contributed by atoms with E-state index in [0.717, 1.165) is 55.4 Å². The van der Waals surface area contributed by atoms with Crippen LogP contribution in [0.25, 0.3) is 0 Å². The standard InChI is InChI=1S/C38H39ClF3N3O4S/c1-27-12-11-15-29(22-27)25-44(35(23-28-13-5-2-6-14-28)37(47)43-31-16-7-3-8-17-31)36(46)26-45(50(48,49)32-18-9-4-10-19-32)34-24-30(38(40,41)42)20-21-33(34)39/h2,4-6,9-15,18-22,24,31,35H,3,7-8,16-17,23,25-26H2,1H3,(H,43,47). The van der Waals surface area contributed by atoms with E-state index in [9.17, 15) is 31.2 Å². The number of hydrogen-bond donors (Lipinski definition) is 1. The summed E-state index contributed by atoms with van der Waals surface area (Å²) in [4.78, 5) is 30.0. The first kappa shape index (κ1) is 36.9. The third kappa shape index (κ3) is 9.25. The predicted octanol–water partition coefficient (Wildman–Crippen LogP) is 7.95. The number of carbonyl (C=O) groups excluding carboxylic acids is 2. The molecule has 1 N–H and O–H groups in total. The monoisotopic (exact) mass is 725 g/mol. The SMILES string of the molecule is Cc1cccc(CN(C(=O)CN(c2cc(C(F)(F)F)ccc2Cl)S(=O)(=O)c2ccccc2)C(Cc2ccccc2)C(=O)NC2CCCCC2)c1. The second kappa shape index (κ2) is 16.1. The smallest absolute Gasteiger partial charge is 0.352 e. The van der Waals surface area contributed by atoms with Crippen LogP contribution in [0.5, 0.6) is 0 Å². The van der Waals surface area contributed by atoms with Gasteiger partial charge in [0.2, 0.25) is 11.8 Å². The number of anilines is 1. The van der Waals surface area contributed by atoms with Crippen molar-refractivity contribution in [3.05, 3.63) is 130 Å². The summed E-state index contributed by atoms with van der Waals surface area (Å²) in [6.45, 7) is 0.897. The number of benzene rings is 4. The highest BCUT2D eigenvalue weighted by Gasteiger charge is 2.38. The van der Waals surface area contributed by atoms with Gasteiger partial charge in [0.05, 0.1) is 21.2 Å². The molecule has 264 valence electrons. The third-order valence-electron chi connectivity index (χ3n) is 8.81. The molecule has 0 aromatic heterocycles. The van der Waals surface area contributed by atoms with E-state index in [1.807, 2.05) is 55.5 Å². The summed E-state index contributed by atoms with van der Waals surface area (Å²) in [6.07, 6.45) is -0.108. The van der Waals surface area contributed by atoms with Crippen molar-refractivity contribution in [2.24, 2.45) is 0 Å². The van der Waals surface area contributed by atoms with Crippen LogP contribution < -0.4 is 9.62 Å². The van der Waals surface area contributed by atoms with Crippen molar-refractivity contribution >= 4 is 39.1 Å². The lowest BCUT2D eigenvalue weighted by molar-refractivity contribution is -0.140. The number of aryl methyl sites for hydroxylation is 1. The molecule has 1 atom stereocenters. The molecule has 12 heteroatoms. The van der Waals surface area contributed by atoms with Crippen molar-refractivity contribution in [3.63, 3.8) is 0 Å². The first-order chi connectivity index (χ1) is 23.8. The van der Waals surface area contributed by atoms with E-state index in [1.54, 1.807) is 12.1 Å². The Labute approximate surface area is 296 Å². The molecule has 0 aliphatic heterocycles. The molecule has 2 amide bonds. The zero-order valence-electron chi connectivity index (χ0n) is 27.6. The van der Waals surface area contributed by atoms with Crippen LogP contribution in [0.3, 0.4) is 0 Å². The summed E-state index contributed by atoms with van der Waals surface area (Å²) in [5, 5.41) is 2.84. The molecule has 0 spiro atoms. The van der Waals surface area contributed by atoms with E-state index >= 15 is 0 Å². The number of halogens is 4. The highest BCUT2D eigenvalue weighted by Crippen LogP contribution is 2.37. The molecular weight excluding hydrogens is 687 g/mol. The number of hydrogen-bond acceptors (Lipinski definition) is 4. The maximum atomic E-state index is 14.7. The minimum Gasteiger partial charge on any atom is -0.352 e. The molecule has 1 fully saturated rings. The number of alkyl halides is 3. The van der Waals surface area contributed by atoms with Gasteiger partial charge in [0.25, 0.3) is 10.0 Å². The lowest BCUT2D eigenvalue weighted by Crippen LogP contribution is -2.55. The van der Waals surface area contributed by atoms with E-state index in [1.165, 1.54) is 29.2 Å². The van der Waals surface area contributed by atoms with E-state index in [-0.39, 0.29) is 28.9 Å². The van der Waals surface area contributed by atoms with Crippen LogP contribution >= 0.6 is 11.6 Å². The number of sulfonamides is 1. The second-order valence-corrected chi connectivity index (χ2v) is 14.8. The summed E-state index contributed by atoms with van der Waals surface area (Å²) in [5.74, 6) is -1.18. The first-order valence-corrected chi connectivity index (χ1v) is 18.3. The molecule has 1 aliphatic rings. The summed E-state index contributed by atoms with van der Waals surface area (Å²) in [5.41, 5.74) is 0.721. The maximum absolute atomic E-state index is 14.7. The van der Waals surface area contributed by atoms with Crippen molar-refractivity contribution in [2.75, 3.05) is 10.8 Å². The number of nitrogens with zero attached hydrogens (tertiary/aromatic N) is 2. The molecule has 7 nitrogen and oxygen atoms in total. The third-order valence-corrected chi connectivity index (χ3v) is 10.9. The normalized spacial score (nSPS) is 14.5. The van der Waals surface area contributed by atoms with Gasteiger partial charge < -0.3 is 10.2 Å². The Morgan fingerprint density at radius 2 is 1.50 bits per heavy atom. The minimum atomic E-state index is -4.82. The van der Waals surface area contributed by atoms with Gasteiger partial charge in [-0.15, -0.1) is 0 Å². The molecule has 1 aliphatic carbocycles. The molecule has 4 aromatic carbocycles. The lowest BCUT2D eigenvalue weighted by atomic mass is 9.94. The first-order valence-electron chi connectivity index (χ1n) is 16.5. The molecule has 0 bridgehead atoms. The Morgan fingerprint density at radius 1 is 0.860 bits per heavy atom. The van der Waals surface area contributed by atoms with Crippen LogP contribution in [-0.4, -0.2) is 43.8 Å². The van der Waals surface area contributed by atoms with Crippen LogP contribution in [0.15, 0.2) is 108 Å². The number of nitrogens with one attached hydrogen (secondary N) is 1. The van der Waals surface area contributed by atoms with Gasteiger partial charge in [0.15, 0.2) is 0 Å². The van der Waals surface area contributed by atoms with Crippen LogP contribution in [0.1, 0.15) is 54.4 Å². The molecular formula is C38H39ClF3N3O4S. The van der Waals surface area contributed by atoms with Gasteiger partial charge in [-0.1, -0.05) is 109 Å². The van der Waals surface area contributed by atoms with Crippen molar-refractivity contribution in [3.8, 4) is 0 Å². The summed E-state index contributed by atoms with van der Waals surface area (Å²) in [7, 11) is -4.64. The second-order valence-electron chi connectivity index (χ2n) is 12.5. The molecule has 0 saturated heterocycles. The molecule has 0 heterocycles. The fourth-order valence-corrected chi connectivity index (χ4v) is 7.93. The van der Waals surface area contributed by atoms with E-state index in [4.69, 9.17) is 11.6 Å². The molecule has 1 saturated carbocycles. The van der Waals surface area contributed by atoms with Gasteiger partial charge in [0, 0.05) is 19.0 Å². The Morgan fingerprint density at radius 3 is 2.14 bits per heavy atom. The zero-order chi connectivity index (χ0) is 35.9. The maximum Gasteiger partial charge on any atom is 0.416 e. The number of rotatable bonds is 12. The Hall–Kier alpha value is -4.35. The van der Waals surface area contributed by atoms with Gasteiger partial charge in [-0.2, -0.15) is 13.2 Å². The van der Waals surface area contributed by atoms with Gasteiger partial charge in [-0.25, -0.2) is 8.42 Å². The van der Waals surface area contributed by atoms with Crippen molar-refractivity contribution in [1.29, 1.82) is 0 Å². The Balaban J connectivity index is 1.61. The molecule has 1 unspecified atom stereocenters. The van der Waals surface area contributed by atoms with Gasteiger partial charge in [0.1, 0.15) is 12.6 Å². The topological polar surface area (TPSA) is 86.8 Å². The van der Waals surface area contributed by atoms with E-state index in [0.29, 0.717) is 15.9 Å². The highest BCUT2D eigenvalue weighted by atomic mass is 35.5. The summed E-state index contributed by atoms with van der Waals surface area (Å²) in [6, 6.07) is 24.8. The van der Waals surface area contributed by atoms with E-state index < -0.39 is 51.9 Å². The van der Waals surface area contributed by atoms with Crippen molar-refractivity contribution in [2.45, 2.75) is 75.1 Å². The van der Waals surface area contributed by atoms with Crippen molar-refractivity contribution in [1.82, 2.24) is 10.2 Å².